The van der Waals surface area contributed by atoms with Gasteiger partial charge in [-0.25, -0.2) is 4.79 Å². The molecule has 0 saturated carbocycles. The molecule has 0 aliphatic carbocycles. The molecule has 0 bridgehead atoms. The molecule has 0 fully saturated rings. The van der Waals surface area contributed by atoms with Crippen LogP contribution < -0.4 is 11.1 Å². The second kappa shape index (κ2) is 10.4. The zero-order chi connectivity index (χ0) is 22.1. The molecule has 0 spiro atoms. The molecule has 0 aliphatic heterocycles. The number of nitrogens with one attached hydrogen (secondary N) is 1. The molecule has 2 rings (SSSR count). The van der Waals surface area contributed by atoms with E-state index in [-0.39, 0.29) is 13.0 Å². The standard InChI is InChI=1S/C23H28N2O5/c1-23(2,3)30-21(27)18(14-16-10-6-4-7-11-16)19(20(24)26)25-22(28)29-15-17-12-8-5-9-13-17/h4-13,18-19H,14-15H2,1-3H3,(H2,24,26)(H,25,28). The molecule has 3 N–H and O–H groups in total. The van der Waals surface area contributed by atoms with Gasteiger partial charge in [0, 0.05) is 0 Å². The third kappa shape index (κ3) is 7.58. The summed E-state index contributed by atoms with van der Waals surface area (Å²) in [5.74, 6) is -2.48. The van der Waals surface area contributed by atoms with Crippen LogP contribution in [0.3, 0.4) is 0 Å². The lowest BCUT2D eigenvalue weighted by atomic mass is 9.91. The number of primary amides is 1. The van der Waals surface area contributed by atoms with Gasteiger partial charge in [0.25, 0.3) is 0 Å². The van der Waals surface area contributed by atoms with Gasteiger partial charge in [-0.3, -0.25) is 9.59 Å². The van der Waals surface area contributed by atoms with Crippen molar-refractivity contribution in [2.75, 3.05) is 0 Å². The van der Waals surface area contributed by atoms with E-state index in [1.807, 2.05) is 48.5 Å². The minimum atomic E-state index is -1.29. The summed E-state index contributed by atoms with van der Waals surface area (Å²) >= 11 is 0. The van der Waals surface area contributed by atoms with Crippen LogP contribution in [0.15, 0.2) is 60.7 Å². The molecule has 0 radical (unpaired) electrons. The van der Waals surface area contributed by atoms with E-state index >= 15 is 0 Å². The van der Waals surface area contributed by atoms with E-state index in [2.05, 4.69) is 5.32 Å². The molecule has 30 heavy (non-hydrogen) atoms. The highest BCUT2D eigenvalue weighted by molar-refractivity contribution is 5.90. The Kier molecular flexibility index (Phi) is 7.98. The molecule has 2 atom stereocenters. The van der Waals surface area contributed by atoms with Crippen molar-refractivity contribution in [2.24, 2.45) is 11.7 Å². The van der Waals surface area contributed by atoms with Crippen molar-refractivity contribution in [1.29, 1.82) is 0 Å². The number of esters is 1. The molecule has 160 valence electrons. The van der Waals surface area contributed by atoms with Crippen LogP contribution in [0, 0.1) is 5.92 Å². The molecule has 7 nitrogen and oxygen atoms in total. The highest BCUT2D eigenvalue weighted by Crippen LogP contribution is 2.19. The van der Waals surface area contributed by atoms with Crippen molar-refractivity contribution in [2.45, 2.75) is 45.4 Å². The molecule has 0 aliphatic rings. The summed E-state index contributed by atoms with van der Waals surface area (Å²) in [4.78, 5) is 37.3. The SMILES string of the molecule is CC(C)(C)OC(=O)C(Cc1ccccc1)C(NC(=O)OCc1ccccc1)C(N)=O. The fourth-order valence-electron chi connectivity index (χ4n) is 2.84. The van der Waals surface area contributed by atoms with Crippen LogP contribution in [0.25, 0.3) is 0 Å². The van der Waals surface area contributed by atoms with Gasteiger partial charge in [0.15, 0.2) is 0 Å². The second-order valence-electron chi connectivity index (χ2n) is 7.92. The first-order valence-corrected chi connectivity index (χ1v) is 9.69. The van der Waals surface area contributed by atoms with Crippen molar-refractivity contribution < 1.29 is 23.9 Å². The van der Waals surface area contributed by atoms with Crippen molar-refractivity contribution >= 4 is 18.0 Å². The molecular weight excluding hydrogens is 384 g/mol. The Morgan fingerprint density at radius 3 is 1.97 bits per heavy atom. The number of carbonyl (C=O) groups is 3. The predicted molar refractivity (Wildman–Crippen MR) is 112 cm³/mol. The largest absolute Gasteiger partial charge is 0.460 e. The summed E-state index contributed by atoms with van der Waals surface area (Å²) in [6, 6.07) is 16.9. The maximum absolute atomic E-state index is 12.8. The second-order valence-corrected chi connectivity index (χ2v) is 7.92. The third-order valence-electron chi connectivity index (χ3n) is 4.20. The number of hydrogen-bond donors (Lipinski definition) is 2. The van der Waals surface area contributed by atoms with E-state index in [9.17, 15) is 14.4 Å². The van der Waals surface area contributed by atoms with E-state index in [1.54, 1.807) is 32.9 Å². The Hall–Kier alpha value is -3.35. The average molecular weight is 412 g/mol. The first kappa shape index (κ1) is 22.9. The highest BCUT2D eigenvalue weighted by atomic mass is 16.6. The van der Waals surface area contributed by atoms with Gasteiger partial charge in [-0.2, -0.15) is 0 Å². The first-order valence-electron chi connectivity index (χ1n) is 9.69. The van der Waals surface area contributed by atoms with Crippen molar-refractivity contribution in [3.63, 3.8) is 0 Å². The van der Waals surface area contributed by atoms with Crippen LogP contribution in [0.4, 0.5) is 4.79 Å². The van der Waals surface area contributed by atoms with E-state index in [0.717, 1.165) is 11.1 Å². The molecule has 2 aromatic rings. The molecule has 2 amide bonds. The Labute approximate surface area is 176 Å². The summed E-state index contributed by atoms with van der Waals surface area (Å²) in [5, 5.41) is 2.44. The van der Waals surface area contributed by atoms with Crippen LogP contribution in [0.5, 0.6) is 0 Å². The topological polar surface area (TPSA) is 108 Å². The molecule has 0 heterocycles. The maximum Gasteiger partial charge on any atom is 0.408 e. The smallest absolute Gasteiger partial charge is 0.408 e. The number of benzene rings is 2. The Balaban J connectivity index is 2.16. The Bertz CT molecular complexity index is 847. The zero-order valence-corrected chi connectivity index (χ0v) is 17.5. The molecule has 2 unspecified atom stereocenters. The maximum atomic E-state index is 12.8. The minimum Gasteiger partial charge on any atom is -0.460 e. The summed E-state index contributed by atoms with van der Waals surface area (Å²) < 4.78 is 10.7. The van der Waals surface area contributed by atoms with Crippen LogP contribution in [0.1, 0.15) is 31.9 Å². The number of rotatable bonds is 8. The van der Waals surface area contributed by atoms with Gasteiger partial charge in [-0.1, -0.05) is 60.7 Å². The summed E-state index contributed by atoms with van der Waals surface area (Å²) in [5.41, 5.74) is 6.36. The molecule has 0 aromatic heterocycles. The van der Waals surface area contributed by atoms with E-state index < -0.39 is 35.5 Å². The first-order chi connectivity index (χ1) is 14.2. The van der Waals surface area contributed by atoms with Gasteiger partial charge < -0.3 is 20.5 Å². The van der Waals surface area contributed by atoms with Crippen molar-refractivity contribution in [3.05, 3.63) is 71.8 Å². The van der Waals surface area contributed by atoms with Gasteiger partial charge in [-0.15, -0.1) is 0 Å². The average Bonchev–Trinajstić information content (AvgIpc) is 2.69. The highest BCUT2D eigenvalue weighted by Gasteiger charge is 2.37. The van der Waals surface area contributed by atoms with E-state index in [1.165, 1.54) is 0 Å². The van der Waals surface area contributed by atoms with Gasteiger partial charge >= 0.3 is 12.1 Å². The normalized spacial score (nSPS) is 13.0. The molecule has 7 heteroatoms. The minimum absolute atomic E-state index is 0.0218. The number of hydrogen-bond acceptors (Lipinski definition) is 5. The fourth-order valence-corrected chi connectivity index (χ4v) is 2.84. The quantitative estimate of drug-likeness (QED) is 0.648. The summed E-state index contributed by atoms with van der Waals surface area (Å²) in [6.07, 6.45) is -0.674. The Morgan fingerprint density at radius 2 is 1.47 bits per heavy atom. The number of carbonyl (C=O) groups excluding carboxylic acids is 3. The predicted octanol–water partition coefficient (Wildman–Crippen LogP) is 2.97. The Morgan fingerprint density at radius 1 is 0.933 bits per heavy atom. The number of ether oxygens (including phenoxy) is 2. The van der Waals surface area contributed by atoms with Gasteiger partial charge in [-0.05, 0) is 38.3 Å². The van der Waals surface area contributed by atoms with Crippen LogP contribution in [-0.4, -0.2) is 29.6 Å². The molecule has 2 aromatic carbocycles. The van der Waals surface area contributed by atoms with Crippen LogP contribution in [-0.2, 0) is 32.1 Å². The van der Waals surface area contributed by atoms with Crippen LogP contribution in [0.2, 0.25) is 0 Å². The number of alkyl carbamates (subject to hydrolysis) is 1. The zero-order valence-electron chi connectivity index (χ0n) is 17.5. The monoisotopic (exact) mass is 412 g/mol. The fraction of sp³-hybridized carbons (Fsp3) is 0.348. The molecular formula is C23H28N2O5. The summed E-state index contributed by atoms with van der Waals surface area (Å²) in [6.45, 7) is 5.20. The van der Waals surface area contributed by atoms with Crippen molar-refractivity contribution in [3.8, 4) is 0 Å². The van der Waals surface area contributed by atoms with Gasteiger partial charge in [0.1, 0.15) is 18.2 Å². The van der Waals surface area contributed by atoms with Crippen molar-refractivity contribution in [1.82, 2.24) is 5.32 Å². The van der Waals surface area contributed by atoms with E-state index in [4.69, 9.17) is 15.2 Å². The lowest BCUT2D eigenvalue weighted by Crippen LogP contribution is -2.53. The third-order valence-corrected chi connectivity index (χ3v) is 4.20. The molecule has 0 saturated heterocycles. The van der Waals surface area contributed by atoms with Gasteiger partial charge in [0.05, 0.1) is 5.92 Å². The summed E-state index contributed by atoms with van der Waals surface area (Å²) in [7, 11) is 0. The lowest BCUT2D eigenvalue weighted by Gasteiger charge is -2.28. The number of nitrogens with two attached hydrogens (primary N) is 1. The number of amides is 2. The van der Waals surface area contributed by atoms with E-state index in [0.29, 0.717) is 0 Å². The lowest BCUT2D eigenvalue weighted by molar-refractivity contribution is -0.162. The van der Waals surface area contributed by atoms with Gasteiger partial charge in [0.2, 0.25) is 5.91 Å². The van der Waals surface area contributed by atoms with Crippen LogP contribution >= 0.6 is 0 Å².